The van der Waals surface area contributed by atoms with Gasteiger partial charge in [0.05, 0.1) is 13.0 Å². The van der Waals surface area contributed by atoms with E-state index in [-0.39, 0.29) is 25.0 Å². The average molecular weight is 492 g/mol. The molecule has 0 atom stereocenters. The van der Waals surface area contributed by atoms with Gasteiger partial charge in [-0.15, -0.1) is 0 Å². The van der Waals surface area contributed by atoms with Crippen molar-refractivity contribution in [3.05, 3.63) is 95.2 Å². The third-order valence-corrected chi connectivity index (χ3v) is 5.50. The lowest BCUT2D eigenvalue weighted by atomic mass is 10.0. The van der Waals surface area contributed by atoms with Crippen LogP contribution < -0.4 is 5.32 Å². The Morgan fingerprint density at radius 3 is 2.25 bits per heavy atom. The van der Waals surface area contributed by atoms with Gasteiger partial charge in [-0.2, -0.15) is 0 Å². The van der Waals surface area contributed by atoms with E-state index < -0.39 is 23.7 Å². The number of carbonyl (C=O) groups excluding carboxylic acids is 1. The van der Waals surface area contributed by atoms with E-state index in [1.165, 1.54) is 6.07 Å². The molecule has 0 aliphatic heterocycles. The first kappa shape index (κ1) is 24.6. The molecular formula is C27H22F2N2O5. The molecular weight excluding hydrogens is 470 g/mol. The molecule has 0 unspecified atom stereocenters. The highest BCUT2D eigenvalue weighted by Crippen LogP contribution is 2.32. The lowest BCUT2D eigenvalue weighted by Gasteiger charge is -2.09. The van der Waals surface area contributed by atoms with Gasteiger partial charge in [-0.1, -0.05) is 59.8 Å². The molecule has 0 spiro atoms. The molecule has 7 nitrogen and oxygen atoms in total. The maximum atomic E-state index is 13.7. The molecule has 4 rings (SSSR count). The summed E-state index contributed by atoms with van der Waals surface area (Å²) < 4.78 is 37.3. The molecule has 2 N–H and O–H groups in total. The first-order valence-electron chi connectivity index (χ1n) is 11.1. The highest BCUT2D eigenvalue weighted by molar-refractivity contribution is 5.91. The molecule has 0 saturated carbocycles. The van der Waals surface area contributed by atoms with Crippen LogP contribution in [0.4, 0.5) is 19.3 Å². The van der Waals surface area contributed by atoms with Crippen LogP contribution in [0, 0.1) is 18.6 Å². The summed E-state index contributed by atoms with van der Waals surface area (Å²) in [7, 11) is 0. The summed E-state index contributed by atoms with van der Waals surface area (Å²) in [6, 6.07) is 17.9. The van der Waals surface area contributed by atoms with Crippen molar-refractivity contribution in [2.24, 2.45) is 0 Å². The van der Waals surface area contributed by atoms with Crippen LogP contribution in [0.15, 0.2) is 71.3 Å². The quantitative estimate of drug-likeness (QED) is 0.312. The fourth-order valence-corrected chi connectivity index (χ4v) is 3.63. The Labute approximate surface area is 205 Å². The van der Waals surface area contributed by atoms with Crippen molar-refractivity contribution in [3.63, 3.8) is 0 Å². The normalized spacial score (nSPS) is 10.8. The van der Waals surface area contributed by atoms with Crippen LogP contribution in [-0.4, -0.2) is 28.9 Å². The minimum absolute atomic E-state index is 0.0363. The summed E-state index contributed by atoms with van der Waals surface area (Å²) in [5.74, 6) is -1.91. The molecule has 0 aliphatic rings. The van der Waals surface area contributed by atoms with Crippen LogP contribution in [0.25, 0.3) is 22.5 Å². The second-order valence-corrected chi connectivity index (χ2v) is 8.06. The van der Waals surface area contributed by atoms with Crippen molar-refractivity contribution in [1.82, 2.24) is 5.16 Å². The van der Waals surface area contributed by atoms with Crippen LogP contribution >= 0.6 is 0 Å². The van der Waals surface area contributed by atoms with Gasteiger partial charge in [-0.25, -0.2) is 13.6 Å². The van der Waals surface area contributed by atoms with Gasteiger partial charge in [0, 0.05) is 18.1 Å². The summed E-state index contributed by atoms with van der Waals surface area (Å²) in [5, 5.41) is 15.5. The molecule has 36 heavy (non-hydrogen) atoms. The molecule has 0 aliphatic carbocycles. The van der Waals surface area contributed by atoms with Crippen LogP contribution in [0.1, 0.15) is 16.8 Å². The Morgan fingerprint density at radius 2 is 1.61 bits per heavy atom. The number of rotatable bonds is 8. The zero-order valence-corrected chi connectivity index (χ0v) is 19.3. The van der Waals surface area contributed by atoms with Gasteiger partial charge >= 0.3 is 12.1 Å². The van der Waals surface area contributed by atoms with E-state index in [4.69, 9.17) is 14.4 Å². The number of ether oxygens (including phenoxy) is 1. The summed E-state index contributed by atoms with van der Waals surface area (Å²) in [6.45, 7) is 1.57. The van der Waals surface area contributed by atoms with Crippen molar-refractivity contribution in [2.45, 2.75) is 19.8 Å². The number of aliphatic carboxylic acids is 1. The number of amides is 1. The third kappa shape index (κ3) is 5.93. The number of carboxylic acid groups (broad SMARTS) is 1. The standard InChI is InChI=1S/C27H22F2N2O5/c1-16-25(30-27(34)35-13-12-20-10-11-22(28)15-23(20)29)26(36-31-16)21-8-6-19(7-9-21)18-4-2-17(3-5-18)14-24(32)33/h2-11,15H,12-14H2,1H3,(H,30,34)(H,32,33). The molecule has 0 fully saturated rings. The summed E-state index contributed by atoms with van der Waals surface area (Å²) in [5.41, 5.74) is 4.25. The maximum absolute atomic E-state index is 13.7. The Morgan fingerprint density at radius 1 is 0.972 bits per heavy atom. The predicted octanol–water partition coefficient (Wildman–Crippen LogP) is 6.01. The van der Waals surface area contributed by atoms with E-state index in [9.17, 15) is 18.4 Å². The molecule has 1 amide bonds. The molecule has 4 aromatic rings. The van der Waals surface area contributed by atoms with Gasteiger partial charge < -0.3 is 14.4 Å². The number of aryl methyl sites for hydroxylation is 1. The maximum Gasteiger partial charge on any atom is 0.411 e. The highest BCUT2D eigenvalue weighted by atomic mass is 19.1. The topological polar surface area (TPSA) is 102 Å². The molecule has 9 heteroatoms. The largest absolute Gasteiger partial charge is 0.481 e. The smallest absolute Gasteiger partial charge is 0.411 e. The van der Waals surface area contributed by atoms with E-state index in [1.54, 1.807) is 19.1 Å². The van der Waals surface area contributed by atoms with Gasteiger partial charge in [-0.05, 0) is 35.2 Å². The Kier molecular flexibility index (Phi) is 7.39. The van der Waals surface area contributed by atoms with Gasteiger partial charge in [0.25, 0.3) is 0 Å². The van der Waals surface area contributed by atoms with Crippen LogP contribution in [0.2, 0.25) is 0 Å². The van der Waals surface area contributed by atoms with E-state index in [0.717, 1.165) is 23.3 Å². The number of nitrogens with zero attached hydrogens (tertiary/aromatic N) is 1. The Balaban J connectivity index is 1.40. The van der Waals surface area contributed by atoms with Crippen molar-refractivity contribution in [1.29, 1.82) is 0 Å². The van der Waals surface area contributed by atoms with Gasteiger partial charge in [0.1, 0.15) is 23.0 Å². The van der Waals surface area contributed by atoms with E-state index in [1.807, 2.05) is 36.4 Å². The van der Waals surface area contributed by atoms with E-state index in [2.05, 4.69) is 10.5 Å². The van der Waals surface area contributed by atoms with Gasteiger partial charge in [-0.3, -0.25) is 10.1 Å². The fraction of sp³-hybridized carbons (Fsp3) is 0.148. The van der Waals surface area contributed by atoms with Gasteiger partial charge in [0.15, 0.2) is 5.76 Å². The first-order valence-corrected chi connectivity index (χ1v) is 11.1. The second kappa shape index (κ2) is 10.8. The molecule has 1 heterocycles. The number of anilines is 1. The van der Waals surface area contributed by atoms with Crippen LogP contribution in [0.3, 0.4) is 0 Å². The highest BCUT2D eigenvalue weighted by Gasteiger charge is 2.18. The number of hydrogen-bond donors (Lipinski definition) is 2. The number of aromatic nitrogens is 1. The summed E-state index contributed by atoms with van der Waals surface area (Å²) >= 11 is 0. The Bertz CT molecular complexity index is 1380. The van der Waals surface area contributed by atoms with Crippen LogP contribution in [0.5, 0.6) is 0 Å². The molecule has 0 bridgehead atoms. The van der Waals surface area contributed by atoms with Crippen molar-refractivity contribution in [2.75, 3.05) is 11.9 Å². The molecule has 0 saturated heterocycles. The minimum Gasteiger partial charge on any atom is -0.481 e. The molecule has 3 aromatic carbocycles. The summed E-state index contributed by atoms with van der Waals surface area (Å²) in [4.78, 5) is 23.2. The number of carbonyl (C=O) groups is 2. The number of carboxylic acids is 1. The SMILES string of the molecule is Cc1noc(-c2ccc(-c3ccc(CC(=O)O)cc3)cc2)c1NC(=O)OCCc1ccc(F)cc1F. The van der Waals surface area contributed by atoms with E-state index in [0.29, 0.717) is 28.3 Å². The Hall–Kier alpha value is -4.53. The van der Waals surface area contributed by atoms with Crippen molar-refractivity contribution < 1.29 is 32.7 Å². The van der Waals surface area contributed by atoms with E-state index >= 15 is 0 Å². The number of nitrogens with one attached hydrogen (secondary N) is 1. The monoisotopic (exact) mass is 492 g/mol. The van der Waals surface area contributed by atoms with Crippen molar-refractivity contribution >= 4 is 17.7 Å². The van der Waals surface area contributed by atoms with Gasteiger partial charge in [0.2, 0.25) is 0 Å². The predicted molar refractivity (Wildman–Crippen MR) is 128 cm³/mol. The second-order valence-electron chi connectivity index (χ2n) is 8.06. The number of halogens is 2. The zero-order valence-electron chi connectivity index (χ0n) is 19.3. The lowest BCUT2D eigenvalue weighted by Crippen LogP contribution is -2.16. The number of benzene rings is 3. The van der Waals surface area contributed by atoms with Crippen molar-refractivity contribution in [3.8, 4) is 22.5 Å². The molecule has 184 valence electrons. The number of hydrogen-bond acceptors (Lipinski definition) is 5. The zero-order chi connectivity index (χ0) is 25.7. The third-order valence-electron chi connectivity index (χ3n) is 5.50. The lowest BCUT2D eigenvalue weighted by molar-refractivity contribution is -0.136. The molecule has 0 radical (unpaired) electrons. The average Bonchev–Trinajstić information content (AvgIpc) is 3.20. The molecule has 1 aromatic heterocycles. The minimum atomic E-state index is -0.885. The fourth-order valence-electron chi connectivity index (χ4n) is 3.63. The first-order chi connectivity index (χ1) is 17.3. The van der Waals surface area contributed by atoms with Crippen LogP contribution in [-0.2, 0) is 22.4 Å². The summed E-state index contributed by atoms with van der Waals surface area (Å²) in [6.07, 6.45) is -0.706.